The summed E-state index contributed by atoms with van der Waals surface area (Å²) in [6.45, 7) is 0. The maximum atomic E-state index is 12.9. The molecule has 0 aromatic heterocycles. The van der Waals surface area contributed by atoms with Crippen molar-refractivity contribution in [3.8, 4) is 5.75 Å². The van der Waals surface area contributed by atoms with E-state index in [1.54, 1.807) is 13.2 Å². The molecule has 1 aliphatic rings. The zero-order valence-corrected chi connectivity index (χ0v) is 8.22. The van der Waals surface area contributed by atoms with E-state index in [1.807, 2.05) is 0 Å². The number of hydrogen-bond donors (Lipinski definition) is 1. The molecule has 0 aliphatic heterocycles. The Hall–Kier alpha value is -1.09. The number of benzene rings is 1. The van der Waals surface area contributed by atoms with Crippen LogP contribution in [0.1, 0.15) is 24.8 Å². The van der Waals surface area contributed by atoms with E-state index in [4.69, 9.17) is 10.5 Å². The van der Waals surface area contributed by atoms with Gasteiger partial charge in [-0.15, -0.1) is 0 Å². The van der Waals surface area contributed by atoms with E-state index in [-0.39, 0.29) is 11.4 Å². The van der Waals surface area contributed by atoms with Crippen LogP contribution in [0.15, 0.2) is 18.2 Å². The first-order valence-electron chi connectivity index (χ1n) is 4.79. The van der Waals surface area contributed by atoms with E-state index in [0.717, 1.165) is 24.8 Å². The van der Waals surface area contributed by atoms with Crippen molar-refractivity contribution in [1.82, 2.24) is 0 Å². The van der Waals surface area contributed by atoms with Crippen molar-refractivity contribution in [3.63, 3.8) is 0 Å². The fourth-order valence-electron chi connectivity index (χ4n) is 1.90. The average molecular weight is 195 g/mol. The van der Waals surface area contributed by atoms with Crippen molar-refractivity contribution < 1.29 is 9.13 Å². The molecule has 1 saturated carbocycles. The fourth-order valence-corrected chi connectivity index (χ4v) is 1.90. The van der Waals surface area contributed by atoms with Gasteiger partial charge in [-0.25, -0.2) is 4.39 Å². The summed E-state index contributed by atoms with van der Waals surface area (Å²) in [7, 11) is 1.54. The Balaban J connectivity index is 2.41. The second-order valence-corrected chi connectivity index (χ2v) is 3.85. The highest BCUT2D eigenvalue weighted by molar-refractivity contribution is 5.40. The molecule has 0 radical (unpaired) electrons. The highest BCUT2D eigenvalue weighted by Crippen LogP contribution is 2.42. The smallest absolute Gasteiger partial charge is 0.126 e. The molecule has 2 N–H and O–H groups in total. The monoisotopic (exact) mass is 195 g/mol. The van der Waals surface area contributed by atoms with Crippen molar-refractivity contribution in [1.29, 1.82) is 0 Å². The average Bonchev–Trinajstić information content (AvgIpc) is 2.14. The van der Waals surface area contributed by atoms with Crippen molar-refractivity contribution in [3.05, 3.63) is 29.6 Å². The van der Waals surface area contributed by atoms with E-state index in [1.165, 1.54) is 12.1 Å². The van der Waals surface area contributed by atoms with Gasteiger partial charge in [-0.1, -0.05) is 6.07 Å². The SMILES string of the molecule is COc1cc(F)ccc1C1(N)CCC1. The van der Waals surface area contributed by atoms with Crippen molar-refractivity contribution >= 4 is 0 Å². The second-order valence-electron chi connectivity index (χ2n) is 3.85. The molecule has 2 rings (SSSR count). The van der Waals surface area contributed by atoms with Crippen LogP contribution in [0.5, 0.6) is 5.75 Å². The van der Waals surface area contributed by atoms with Gasteiger partial charge < -0.3 is 10.5 Å². The topological polar surface area (TPSA) is 35.2 Å². The van der Waals surface area contributed by atoms with Gasteiger partial charge in [0.05, 0.1) is 7.11 Å². The Bertz CT molecular complexity index is 347. The molecule has 2 nitrogen and oxygen atoms in total. The minimum atomic E-state index is -0.293. The van der Waals surface area contributed by atoms with E-state index >= 15 is 0 Å². The number of rotatable bonds is 2. The molecule has 1 aromatic carbocycles. The number of nitrogens with two attached hydrogens (primary N) is 1. The molecule has 1 aliphatic carbocycles. The van der Waals surface area contributed by atoms with Gasteiger partial charge in [0.1, 0.15) is 11.6 Å². The van der Waals surface area contributed by atoms with Crippen LogP contribution in [0.25, 0.3) is 0 Å². The largest absolute Gasteiger partial charge is 0.496 e. The molecule has 0 atom stereocenters. The lowest BCUT2D eigenvalue weighted by Gasteiger charge is -2.39. The molecule has 1 aromatic rings. The molecule has 0 heterocycles. The number of ether oxygens (including phenoxy) is 1. The van der Waals surface area contributed by atoms with Gasteiger partial charge in [0.2, 0.25) is 0 Å². The van der Waals surface area contributed by atoms with E-state index in [9.17, 15) is 4.39 Å². The third-order valence-electron chi connectivity index (χ3n) is 2.95. The zero-order valence-electron chi connectivity index (χ0n) is 8.22. The van der Waals surface area contributed by atoms with Crippen LogP contribution in [-0.2, 0) is 5.54 Å². The van der Waals surface area contributed by atoms with Crippen LogP contribution in [0.4, 0.5) is 4.39 Å². The van der Waals surface area contributed by atoms with Gasteiger partial charge in [-0.05, 0) is 25.3 Å². The molecule has 14 heavy (non-hydrogen) atoms. The van der Waals surface area contributed by atoms with Crippen LogP contribution in [0, 0.1) is 5.82 Å². The summed E-state index contributed by atoms with van der Waals surface area (Å²) in [6, 6.07) is 4.56. The number of methoxy groups -OCH3 is 1. The predicted octanol–water partition coefficient (Wildman–Crippen LogP) is 2.17. The lowest BCUT2D eigenvalue weighted by molar-refractivity contribution is 0.243. The van der Waals surface area contributed by atoms with Crippen molar-refractivity contribution in [2.45, 2.75) is 24.8 Å². The Kier molecular flexibility index (Phi) is 2.19. The zero-order chi connectivity index (χ0) is 10.2. The summed E-state index contributed by atoms with van der Waals surface area (Å²) in [5.74, 6) is 0.278. The summed E-state index contributed by atoms with van der Waals surface area (Å²) in [5.41, 5.74) is 6.78. The van der Waals surface area contributed by atoms with Gasteiger partial charge in [-0.3, -0.25) is 0 Å². The highest BCUT2D eigenvalue weighted by Gasteiger charge is 2.36. The summed E-state index contributed by atoms with van der Waals surface area (Å²) < 4.78 is 18.1. The Morgan fingerprint density at radius 3 is 2.64 bits per heavy atom. The third-order valence-corrected chi connectivity index (χ3v) is 2.95. The fraction of sp³-hybridized carbons (Fsp3) is 0.455. The number of hydrogen-bond acceptors (Lipinski definition) is 2. The first-order chi connectivity index (χ1) is 6.65. The second kappa shape index (κ2) is 3.24. The van der Waals surface area contributed by atoms with Gasteiger partial charge >= 0.3 is 0 Å². The van der Waals surface area contributed by atoms with Crippen molar-refractivity contribution in [2.75, 3.05) is 7.11 Å². The molecule has 0 bridgehead atoms. The Morgan fingerprint density at radius 2 is 2.14 bits per heavy atom. The van der Waals surface area contributed by atoms with Gasteiger partial charge in [0.15, 0.2) is 0 Å². The Morgan fingerprint density at radius 1 is 1.43 bits per heavy atom. The molecule has 3 heteroatoms. The summed E-state index contributed by atoms with van der Waals surface area (Å²) in [5, 5.41) is 0. The minimum Gasteiger partial charge on any atom is -0.496 e. The lowest BCUT2D eigenvalue weighted by atomic mass is 9.72. The molecule has 0 unspecified atom stereocenters. The normalized spacial score (nSPS) is 18.8. The molecule has 1 fully saturated rings. The van der Waals surface area contributed by atoms with Crippen LogP contribution in [-0.4, -0.2) is 7.11 Å². The van der Waals surface area contributed by atoms with E-state index < -0.39 is 0 Å². The third kappa shape index (κ3) is 1.38. The van der Waals surface area contributed by atoms with Crippen LogP contribution in [0.3, 0.4) is 0 Å². The van der Waals surface area contributed by atoms with Crippen molar-refractivity contribution in [2.24, 2.45) is 5.73 Å². The standard InChI is InChI=1S/C11H14FNO/c1-14-10-7-8(12)3-4-9(10)11(13)5-2-6-11/h3-4,7H,2,5-6,13H2,1H3. The highest BCUT2D eigenvalue weighted by atomic mass is 19.1. The minimum absolute atomic E-state index is 0.284. The molecule has 0 spiro atoms. The van der Waals surface area contributed by atoms with E-state index in [2.05, 4.69) is 0 Å². The maximum Gasteiger partial charge on any atom is 0.126 e. The predicted molar refractivity (Wildman–Crippen MR) is 52.7 cm³/mol. The molecular weight excluding hydrogens is 181 g/mol. The maximum absolute atomic E-state index is 12.9. The van der Waals surface area contributed by atoms with Crippen LogP contribution in [0.2, 0.25) is 0 Å². The van der Waals surface area contributed by atoms with Crippen LogP contribution < -0.4 is 10.5 Å². The first-order valence-corrected chi connectivity index (χ1v) is 4.79. The summed E-state index contributed by atoms with van der Waals surface area (Å²) >= 11 is 0. The van der Waals surface area contributed by atoms with Gasteiger partial charge in [-0.2, -0.15) is 0 Å². The molecule has 0 amide bonds. The summed E-state index contributed by atoms with van der Waals surface area (Å²) in [6.07, 6.45) is 3.04. The Labute approximate surface area is 82.9 Å². The van der Waals surface area contributed by atoms with E-state index in [0.29, 0.717) is 5.75 Å². The molecular formula is C11H14FNO. The first kappa shape index (κ1) is 9.46. The molecule has 0 saturated heterocycles. The molecule has 76 valence electrons. The summed E-state index contributed by atoms with van der Waals surface area (Å²) in [4.78, 5) is 0. The number of halogens is 1. The van der Waals surface area contributed by atoms with Crippen LogP contribution >= 0.6 is 0 Å². The van der Waals surface area contributed by atoms with Gasteiger partial charge in [0, 0.05) is 17.2 Å². The van der Waals surface area contributed by atoms with Gasteiger partial charge in [0.25, 0.3) is 0 Å². The quantitative estimate of drug-likeness (QED) is 0.785. The lowest BCUT2D eigenvalue weighted by Crippen LogP contribution is -2.43.